The number of benzene rings is 3. The Balaban J connectivity index is 1.85. The minimum Gasteiger partial charge on any atom is -0.462 e. The quantitative estimate of drug-likeness (QED) is 0.234. The Labute approximate surface area is 191 Å². The number of esters is 1. The second kappa shape index (κ2) is 11.4. The lowest BCUT2D eigenvalue weighted by molar-refractivity contribution is -0.139. The molecule has 0 fully saturated rings. The van der Waals surface area contributed by atoms with Gasteiger partial charge in [0.15, 0.2) is 0 Å². The molecule has 32 heavy (non-hydrogen) atoms. The third-order valence-corrected chi connectivity index (χ3v) is 5.59. The first-order chi connectivity index (χ1) is 15.5. The molecule has 0 atom stereocenters. The molecule has 0 saturated carbocycles. The molecule has 0 aromatic heterocycles. The maximum Gasteiger partial charge on any atom is 0.333 e. The number of carbonyl (C=O) groups excluding carboxylic acids is 1. The highest BCUT2D eigenvalue weighted by Gasteiger charge is 2.11. The lowest BCUT2D eigenvalue weighted by Crippen LogP contribution is -2.07. The summed E-state index contributed by atoms with van der Waals surface area (Å²) in [5.74, 6) is -0.339. The molecule has 1 N–H and O–H groups in total. The van der Waals surface area contributed by atoms with Gasteiger partial charge >= 0.3 is 5.97 Å². The molecule has 0 aliphatic heterocycles. The largest absolute Gasteiger partial charge is 0.462 e. The molecule has 0 aliphatic rings. The van der Waals surface area contributed by atoms with Gasteiger partial charge in [-0.1, -0.05) is 73.3 Å². The van der Waals surface area contributed by atoms with Crippen LogP contribution >= 0.6 is 0 Å². The molecule has 0 aliphatic carbocycles. The number of aliphatic hydroxyl groups is 1. The first-order valence-corrected chi connectivity index (χ1v) is 11.2. The van der Waals surface area contributed by atoms with Crippen LogP contribution in [0.1, 0.15) is 36.5 Å². The van der Waals surface area contributed by atoms with Gasteiger partial charge in [0, 0.05) is 12.2 Å². The maximum atomic E-state index is 11.7. The van der Waals surface area contributed by atoms with Crippen molar-refractivity contribution >= 4 is 5.97 Å². The summed E-state index contributed by atoms with van der Waals surface area (Å²) in [6, 6.07) is 23.6. The molecule has 3 rings (SSSR count). The van der Waals surface area contributed by atoms with Crippen molar-refractivity contribution in [2.75, 3.05) is 13.2 Å². The molecule has 0 bridgehead atoms. The molecule has 3 aromatic rings. The lowest BCUT2D eigenvalue weighted by Gasteiger charge is -2.16. The number of hydrogen-bond acceptors (Lipinski definition) is 3. The molecule has 3 heteroatoms. The second-order valence-corrected chi connectivity index (χ2v) is 8.23. The van der Waals surface area contributed by atoms with Crippen LogP contribution in [0.5, 0.6) is 0 Å². The first kappa shape index (κ1) is 23.5. The third-order valence-electron chi connectivity index (χ3n) is 5.59. The Morgan fingerprint density at radius 3 is 2.34 bits per heavy atom. The van der Waals surface area contributed by atoms with Crippen LogP contribution in [0, 0.1) is 6.92 Å². The van der Waals surface area contributed by atoms with Gasteiger partial charge in [-0.15, -0.1) is 0 Å². The zero-order valence-corrected chi connectivity index (χ0v) is 19.1. The Hall–Kier alpha value is -3.17. The topological polar surface area (TPSA) is 46.5 Å². The predicted octanol–water partition coefficient (Wildman–Crippen LogP) is 6.31. The lowest BCUT2D eigenvalue weighted by atomic mass is 9.90. The fourth-order valence-corrected chi connectivity index (χ4v) is 3.88. The number of ether oxygens (including phenoxy) is 1. The summed E-state index contributed by atoms with van der Waals surface area (Å²) in [5.41, 5.74) is 8.95. The van der Waals surface area contributed by atoms with Crippen molar-refractivity contribution < 1.29 is 14.6 Å². The summed E-state index contributed by atoms with van der Waals surface area (Å²) in [5, 5.41) is 9.20. The van der Waals surface area contributed by atoms with E-state index in [2.05, 4.69) is 74.2 Å². The van der Waals surface area contributed by atoms with E-state index in [4.69, 9.17) is 4.74 Å². The number of carbonyl (C=O) groups is 1. The van der Waals surface area contributed by atoms with Crippen molar-refractivity contribution in [3.05, 3.63) is 95.6 Å². The molecule has 0 radical (unpaired) electrons. The molecular formula is C29H32O3. The summed E-state index contributed by atoms with van der Waals surface area (Å²) in [7, 11) is 0. The number of aryl methyl sites for hydroxylation is 3. The van der Waals surface area contributed by atoms with Gasteiger partial charge in [0.25, 0.3) is 0 Å². The van der Waals surface area contributed by atoms with Crippen LogP contribution in [0.15, 0.2) is 78.9 Å². The Morgan fingerprint density at radius 2 is 1.66 bits per heavy atom. The molecule has 0 amide bonds. The van der Waals surface area contributed by atoms with Crippen molar-refractivity contribution in [1.82, 2.24) is 0 Å². The summed E-state index contributed by atoms with van der Waals surface area (Å²) in [4.78, 5) is 11.7. The van der Waals surface area contributed by atoms with E-state index in [9.17, 15) is 9.90 Å². The van der Waals surface area contributed by atoms with Crippen molar-refractivity contribution in [2.45, 2.75) is 39.5 Å². The van der Waals surface area contributed by atoms with Crippen LogP contribution in [0.3, 0.4) is 0 Å². The highest BCUT2D eigenvalue weighted by Crippen LogP contribution is 2.32. The monoisotopic (exact) mass is 428 g/mol. The molecule has 3 aromatic carbocycles. The van der Waals surface area contributed by atoms with E-state index in [0.29, 0.717) is 12.2 Å². The number of hydrogen-bond donors (Lipinski definition) is 1. The van der Waals surface area contributed by atoms with E-state index in [-0.39, 0.29) is 12.6 Å². The average molecular weight is 429 g/mol. The van der Waals surface area contributed by atoms with E-state index < -0.39 is 0 Å². The highest BCUT2D eigenvalue weighted by atomic mass is 16.5. The third kappa shape index (κ3) is 6.18. The average Bonchev–Trinajstić information content (AvgIpc) is 2.81. The van der Waals surface area contributed by atoms with Crippen LogP contribution in [0.4, 0.5) is 0 Å². The van der Waals surface area contributed by atoms with E-state index in [1.165, 1.54) is 38.9 Å². The van der Waals surface area contributed by atoms with Crippen LogP contribution in [-0.4, -0.2) is 24.3 Å². The summed E-state index contributed by atoms with van der Waals surface area (Å²) in [6.45, 7) is 8.00. The zero-order valence-electron chi connectivity index (χ0n) is 19.1. The minimum absolute atomic E-state index is 0.188. The number of aliphatic hydroxyl groups excluding tert-OH is 1. The standard InChI is InChI=1S/C29H32O3/c1-21(2)29(31)32-18-8-12-26-20-23(9-7-17-30)13-15-28(26)27-16-14-25(19-22(27)3)24-10-5-4-6-11-24/h4-6,10-11,13-16,19-20,30H,1,7-9,12,17-18H2,2-3H3. The van der Waals surface area contributed by atoms with Crippen LogP contribution in [0.2, 0.25) is 0 Å². The molecule has 0 unspecified atom stereocenters. The van der Waals surface area contributed by atoms with Crippen LogP contribution < -0.4 is 0 Å². The normalized spacial score (nSPS) is 10.7. The predicted molar refractivity (Wildman–Crippen MR) is 132 cm³/mol. The van der Waals surface area contributed by atoms with Gasteiger partial charge in [0.1, 0.15) is 0 Å². The number of rotatable bonds is 10. The van der Waals surface area contributed by atoms with Gasteiger partial charge in [-0.05, 0) is 78.5 Å². The van der Waals surface area contributed by atoms with Gasteiger partial charge in [-0.3, -0.25) is 0 Å². The minimum atomic E-state index is -0.339. The molecule has 166 valence electrons. The molecule has 0 heterocycles. The Bertz CT molecular complexity index is 1070. The fraction of sp³-hybridized carbons (Fsp3) is 0.276. The molecule has 0 saturated heterocycles. The SMILES string of the molecule is C=C(C)C(=O)OCCCc1cc(CCCO)ccc1-c1ccc(-c2ccccc2)cc1C. The van der Waals surface area contributed by atoms with E-state index in [1.54, 1.807) is 6.92 Å². The molecular weight excluding hydrogens is 396 g/mol. The van der Waals surface area contributed by atoms with E-state index in [0.717, 1.165) is 25.7 Å². The van der Waals surface area contributed by atoms with Crippen molar-refractivity contribution in [1.29, 1.82) is 0 Å². The zero-order chi connectivity index (χ0) is 22.9. The van der Waals surface area contributed by atoms with Gasteiger partial charge in [0.05, 0.1) is 6.61 Å². The maximum absolute atomic E-state index is 11.7. The summed E-state index contributed by atoms with van der Waals surface area (Å²) in [6.07, 6.45) is 3.16. The van der Waals surface area contributed by atoms with Gasteiger partial charge in [-0.2, -0.15) is 0 Å². The van der Waals surface area contributed by atoms with Gasteiger partial charge in [0.2, 0.25) is 0 Å². The highest BCUT2D eigenvalue weighted by molar-refractivity contribution is 5.86. The fourth-order valence-electron chi connectivity index (χ4n) is 3.88. The van der Waals surface area contributed by atoms with Gasteiger partial charge in [-0.25, -0.2) is 4.79 Å². The first-order valence-electron chi connectivity index (χ1n) is 11.2. The van der Waals surface area contributed by atoms with Crippen LogP contribution in [0.25, 0.3) is 22.3 Å². The van der Waals surface area contributed by atoms with Crippen molar-refractivity contribution in [2.24, 2.45) is 0 Å². The second-order valence-electron chi connectivity index (χ2n) is 8.23. The van der Waals surface area contributed by atoms with Crippen LogP contribution in [-0.2, 0) is 22.4 Å². The van der Waals surface area contributed by atoms with Gasteiger partial charge < -0.3 is 9.84 Å². The van der Waals surface area contributed by atoms with Crippen molar-refractivity contribution in [3.63, 3.8) is 0 Å². The summed E-state index contributed by atoms with van der Waals surface area (Å²) < 4.78 is 5.28. The van der Waals surface area contributed by atoms with E-state index in [1.807, 2.05) is 6.07 Å². The summed E-state index contributed by atoms with van der Waals surface area (Å²) >= 11 is 0. The Morgan fingerprint density at radius 1 is 0.906 bits per heavy atom. The van der Waals surface area contributed by atoms with E-state index >= 15 is 0 Å². The molecule has 0 spiro atoms. The van der Waals surface area contributed by atoms with Crippen molar-refractivity contribution in [3.8, 4) is 22.3 Å². The molecule has 3 nitrogen and oxygen atoms in total. The Kier molecular flexibility index (Phi) is 8.41. The smallest absolute Gasteiger partial charge is 0.333 e.